The van der Waals surface area contributed by atoms with E-state index in [9.17, 15) is 17.6 Å². The number of thiophene rings is 1. The first-order chi connectivity index (χ1) is 15.9. The summed E-state index contributed by atoms with van der Waals surface area (Å²) in [5.74, 6) is -0.429. The van der Waals surface area contributed by atoms with E-state index in [1.54, 1.807) is 23.3 Å². The molecule has 2 heterocycles. The van der Waals surface area contributed by atoms with Gasteiger partial charge in [0.15, 0.2) is 0 Å². The van der Waals surface area contributed by atoms with E-state index in [-0.39, 0.29) is 29.8 Å². The van der Waals surface area contributed by atoms with Crippen LogP contribution in [0.1, 0.15) is 17.7 Å². The number of anilines is 1. The molecule has 9 heteroatoms. The van der Waals surface area contributed by atoms with Gasteiger partial charge in [-0.05, 0) is 60.7 Å². The van der Waals surface area contributed by atoms with Crippen molar-refractivity contribution in [2.75, 3.05) is 25.1 Å². The number of carbonyl (C=O) groups is 1. The van der Waals surface area contributed by atoms with Gasteiger partial charge in [0, 0.05) is 29.6 Å². The number of rotatable bonds is 7. The molecular weight excluding hydrogens is 463 g/mol. The number of hydrogen-bond acceptors (Lipinski definition) is 5. The third-order valence-electron chi connectivity index (χ3n) is 5.80. The topological polar surface area (TPSA) is 66.9 Å². The summed E-state index contributed by atoms with van der Waals surface area (Å²) < 4.78 is 46.4. The summed E-state index contributed by atoms with van der Waals surface area (Å²) in [5, 5.41) is 1.97. The van der Waals surface area contributed by atoms with E-state index in [0.29, 0.717) is 25.1 Å². The lowest BCUT2D eigenvalue weighted by Gasteiger charge is -2.33. The standard InChI is InChI=1S/C24H25FN2O4S2/c1-31-20-10-8-19(9-11-20)27(17-21-5-4-16-32-21)24(28)18-12-14-26(15-13-18)33(29,30)23-7-3-2-6-22(23)25/h2-11,16,18H,12-15,17H2,1H3. The molecule has 33 heavy (non-hydrogen) atoms. The van der Waals surface area contributed by atoms with E-state index in [2.05, 4.69) is 0 Å². The molecule has 2 aromatic carbocycles. The Bertz CT molecular complexity index is 1190. The number of methoxy groups -OCH3 is 1. The molecule has 1 amide bonds. The van der Waals surface area contributed by atoms with Crippen molar-refractivity contribution in [1.82, 2.24) is 4.31 Å². The quantitative estimate of drug-likeness (QED) is 0.490. The molecule has 1 aromatic heterocycles. The molecule has 6 nitrogen and oxygen atoms in total. The molecule has 0 spiro atoms. The number of carbonyl (C=O) groups excluding carboxylic acids is 1. The molecule has 3 aromatic rings. The molecule has 0 aliphatic carbocycles. The number of benzene rings is 2. The van der Waals surface area contributed by atoms with Crippen LogP contribution in [-0.2, 0) is 21.4 Å². The van der Waals surface area contributed by atoms with Crippen molar-refractivity contribution < 1.29 is 22.3 Å². The summed E-state index contributed by atoms with van der Waals surface area (Å²) >= 11 is 1.58. The van der Waals surface area contributed by atoms with Crippen molar-refractivity contribution in [2.24, 2.45) is 5.92 Å². The second-order valence-electron chi connectivity index (χ2n) is 7.81. The molecule has 1 fully saturated rings. The van der Waals surface area contributed by atoms with Crippen LogP contribution in [0.4, 0.5) is 10.1 Å². The van der Waals surface area contributed by atoms with Gasteiger partial charge < -0.3 is 9.64 Å². The maximum absolute atomic E-state index is 14.1. The molecule has 174 valence electrons. The minimum Gasteiger partial charge on any atom is -0.497 e. The molecule has 0 atom stereocenters. The van der Waals surface area contributed by atoms with Crippen molar-refractivity contribution in [1.29, 1.82) is 0 Å². The van der Waals surface area contributed by atoms with E-state index >= 15 is 0 Å². The molecule has 0 bridgehead atoms. The molecule has 0 unspecified atom stereocenters. The zero-order valence-corrected chi connectivity index (χ0v) is 19.8. The van der Waals surface area contributed by atoms with Gasteiger partial charge >= 0.3 is 0 Å². The molecule has 4 rings (SSSR count). The second-order valence-corrected chi connectivity index (χ2v) is 10.7. The molecule has 0 radical (unpaired) electrons. The van der Waals surface area contributed by atoms with Gasteiger partial charge in [-0.2, -0.15) is 4.31 Å². The van der Waals surface area contributed by atoms with Gasteiger partial charge in [-0.15, -0.1) is 11.3 Å². The highest BCUT2D eigenvalue weighted by molar-refractivity contribution is 7.89. The second kappa shape index (κ2) is 10.0. The summed E-state index contributed by atoms with van der Waals surface area (Å²) in [6, 6.07) is 16.6. The normalized spacial score (nSPS) is 15.3. The number of hydrogen-bond donors (Lipinski definition) is 0. The number of piperidine rings is 1. The molecule has 1 aliphatic heterocycles. The minimum absolute atomic E-state index is 0.0449. The highest BCUT2D eigenvalue weighted by atomic mass is 32.2. The largest absolute Gasteiger partial charge is 0.497 e. The van der Waals surface area contributed by atoms with Crippen LogP contribution in [0.15, 0.2) is 70.9 Å². The van der Waals surface area contributed by atoms with Gasteiger partial charge in [0.05, 0.1) is 13.7 Å². The first-order valence-electron chi connectivity index (χ1n) is 10.6. The predicted molar refractivity (Wildman–Crippen MR) is 126 cm³/mol. The SMILES string of the molecule is COc1ccc(N(Cc2cccs2)C(=O)C2CCN(S(=O)(=O)c3ccccc3F)CC2)cc1. The number of amides is 1. The van der Waals surface area contributed by atoms with Gasteiger partial charge in [-0.3, -0.25) is 4.79 Å². The number of ether oxygens (including phenoxy) is 1. The van der Waals surface area contributed by atoms with E-state index in [1.165, 1.54) is 22.5 Å². The smallest absolute Gasteiger partial charge is 0.245 e. The number of sulfonamides is 1. The molecule has 0 N–H and O–H groups in total. The first-order valence-corrected chi connectivity index (χ1v) is 12.9. The van der Waals surface area contributed by atoms with Crippen LogP contribution in [0.2, 0.25) is 0 Å². The Morgan fingerprint density at radius 2 is 1.79 bits per heavy atom. The van der Waals surface area contributed by atoms with Crippen molar-refractivity contribution in [3.63, 3.8) is 0 Å². The van der Waals surface area contributed by atoms with Crippen molar-refractivity contribution in [2.45, 2.75) is 24.3 Å². The Labute approximate surface area is 197 Å². The zero-order chi connectivity index (χ0) is 23.4. The molecule has 1 aliphatic rings. The summed E-state index contributed by atoms with van der Waals surface area (Å²) in [7, 11) is -2.35. The maximum Gasteiger partial charge on any atom is 0.245 e. The van der Waals surface area contributed by atoms with Gasteiger partial charge in [0.25, 0.3) is 0 Å². The first kappa shape index (κ1) is 23.4. The average molecular weight is 489 g/mol. The lowest BCUT2D eigenvalue weighted by Crippen LogP contribution is -2.44. The average Bonchev–Trinajstić information content (AvgIpc) is 3.36. The lowest BCUT2D eigenvalue weighted by atomic mass is 9.96. The van der Waals surface area contributed by atoms with Crippen LogP contribution in [0.25, 0.3) is 0 Å². The Balaban J connectivity index is 1.50. The van der Waals surface area contributed by atoms with Gasteiger partial charge in [0.2, 0.25) is 15.9 Å². The summed E-state index contributed by atoms with van der Waals surface area (Å²) in [6.45, 7) is 0.779. The Morgan fingerprint density at radius 1 is 1.09 bits per heavy atom. The van der Waals surface area contributed by atoms with Crippen LogP contribution in [0.5, 0.6) is 5.75 Å². The summed E-state index contributed by atoms with van der Waals surface area (Å²) in [6.07, 6.45) is 0.757. The van der Waals surface area contributed by atoms with Gasteiger partial charge in [0.1, 0.15) is 16.5 Å². The van der Waals surface area contributed by atoms with Crippen LogP contribution in [0.3, 0.4) is 0 Å². The van der Waals surface area contributed by atoms with E-state index < -0.39 is 15.8 Å². The third-order valence-corrected chi connectivity index (χ3v) is 8.59. The monoisotopic (exact) mass is 488 g/mol. The zero-order valence-electron chi connectivity index (χ0n) is 18.2. The van der Waals surface area contributed by atoms with Gasteiger partial charge in [-0.25, -0.2) is 12.8 Å². The molecular formula is C24H25FN2O4S2. The Hall–Kier alpha value is -2.75. The van der Waals surface area contributed by atoms with Gasteiger partial charge in [-0.1, -0.05) is 18.2 Å². The van der Waals surface area contributed by atoms with E-state index in [4.69, 9.17) is 4.74 Å². The predicted octanol–water partition coefficient (Wildman–Crippen LogP) is 4.53. The fraction of sp³-hybridized carbons (Fsp3) is 0.292. The fourth-order valence-electron chi connectivity index (χ4n) is 3.97. The number of nitrogens with zero attached hydrogens (tertiary/aromatic N) is 2. The fourth-order valence-corrected chi connectivity index (χ4v) is 6.20. The van der Waals surface area contributed by atoms with E-state index in [0.717, 1.165) is 16.6 Å². The number of halogens is 1. The van der Waals surface area contributed by atoms with Crippen LogP contribution in [0, 0.1) is 11.7 Å². The Kier molecular flexibility index (Phi) is 7.11. The van der Waals surface area contributed by atoms with Crippen LogP contribution in [-0.4, -0.2) is 38.8 Å². The lowest BCUT2D eigenvalue weighted by molar-refractivity contribution is -0.123. The molecule has 1 saturated heterocycles. The maximum atomic E-state index is 14.1. The minimum atomic E-state index is -3.94. The van der Waals surface area contributed by atoms with Crippen molar-refractivity contribution >= 4 is 33.0 Å². The van der Waals surface area contributed by atoms with E-state index in [1.807, 2.05) is 41.8 Å². The highest BCUT2D eigenvalue weighted by Crippen LogP contribution is 2.30. The van der Waals surface area contributed by atoms with Crippen LogP contribution < -0.4 is 9.64 Å². The summed E-state index contributed by atoms with van der Waals surface area (Å²) in [5.41, 5.74) is 0.760. The molecule has 0 saturated carbocycles. The highest BCUT2D eigenvalue weighted by Gasteiger charge is 2.35. The van der Waals surface area contributed by atoms with Crippen LogP contribution >= 0.6 is 11.3 Å². The Morgan fingerprint density at radius 3 is 2.39 bits per heavy atom. The summed E-state index contributed by atoms with van der Waals surface area (Å²) in [4.78, 5) is 16.0. The third kappa shape index (κ3) is 5.10. The van der Waals surface area contributed by atoms with Crippen molar-refractivity contribution in [3.05, 3.63) is 76.7 Å². The van der Waals surface area contributed by atoms with Crippen molar-refractivity contribution in [3.8, 4) is 5.75 Å².